The highest BCUT2D eigenvalue weighted by Crippen LogP contribution is 2.24. The largest absolute Gasteiger partial charge is 0.457 e. The van der Waals surface area contributed by atoms with Gasteiger partial charge in [0, 0.05) is 11.9 Å². The van der Waals surface area contributed by atoms with Crippen molar-refractivity contribution >= 4 is 25.5 Å². The van der Waals surface area contributed by atoms with E-state index in [1.165, 1.54) is 24.3 Å². The average molecular weight is 403 g/mol. The minimum absolute atomic E-state index is 0.0282. The molecule has 140 valence electrons. The fraction of sp³-hybridized carbons (Fsp3) is 0.0526. The lowest BCUT2D eigenvalue weighted by atomic mass is 10.3. The maximum atomic E-state index is 12.4. The van der Waals surface area contributed by atoms with Crippen LogP contribution >= 0.6 is 0 Å². The molecule has 0 saturated carbocycles. The van der Waals surface area contributed by atoms with Gasteiger partial charge in [-0.25, -0.2) is 16.8 Å². The number of sulfonamides is 1. The maximum absolute atomic E-state index is 12.4. The molecule has 1 N–H and O–H groups in total. The Morgan fingerprint density at radius 1 is 0.667 bits per heavy atom. The molecule has 0 fully saturated rings. The number of benzene rings is 3. The van der Waals surface area contributed by atoms with E-state index < -0.39 is 19.9 Å². The molecule has 0 aliphatic carbocycles. The van der Waals surface area contributed by atoms with Crippen molar-refractivity contribution in [2.75, 3.05) is 11.0 Å². The van der Waals surface area contributed by atoms with Crippen LogP contribution in [0.3, 0.4) is 0 Å². The summed E-state index contributed by atoms with van der Waals surface area (Å²) in [7, 11) is -7.22. The zero-order valence-electron chi connectivity index (χ0n) is 14.4. The van der Waals surface area contributed by atoms with Crippen LogP contribution in [-0.2, 0) is 19.9 Å². The first-order valence-electron chi connectivity index (χ1n) is 7.90. The molecule has 0 aromatic heterocycles. The Hall–Kier alpha value is -2.84. The van der Waals surface area contributed by atoms with E-state index >= 15 is 0 Å². The summed E-state index contributed by atoms with van der Waals surface area (Å²) >= 11 is 0. The molecule has 0 radical (unpaired) electrons. The van der Waals surface area contributed by atoms with E-state index in [1.54, 1.807) is 24.3 Å². The van der Waals surface area contributed by atoms with Crippen LogP contribution in [0.15, 0.2) is 88.7 Å². The van der Waals surface area contributed by atoms with Gasteiger partial charge >= 0.3 is 0 Å². The second-order valence-corrected chi connectivity index (χ2v) is 9.49. The smallest absolute Gasteiger partial charge is 0.261 e. The Balaban J connectivity index is 1.74. The summed E-state index contributed by atoms with van der Waals surface area (Å²) in [4.78, 5) is 0.0309. The summed E-state index contributed by atoms with van der Waals surface area (Å²) in [5, 5.41) is 0. The number of anilines is 1. The van der Waals surface area contributed by atoms with E-state index in [0.29, 0.717) is 17.2 Å². The standard InChI is InChI=1S/C19H17NO5S2/c1-26(21,22)18-11-13-19(14-12-18)27(23,24)20-15-7-9-17(10-8-15)25-16-5-3-2-4-6-16/h2-14,20H,1H3. The van der Waals surface area contributed by atoms with E-state index in [9.17, 15) is 16.8 Å². The van der Waals surface area contributed by atoms with Crippen LogP contribution in [0.2, 0.25) is 0 Å². The van der Waals surface area contributed by atoms with Gasteiger partial charge in [0.1, 0.15) is 11.5 Å². The molecule has 0 heterocycles. The third-order valence-corrected chi connectivity index (χ3v) is 6.17. The van der Waals surface area contributed by atoms with Crippen molar-refractivity contribution in [2.24, 2.45) is 0 Å². The second-order valence-electron chi connectivity index (χ2n) is 5.79. The van der Waals surface area contributed by atoms with Crippen LogP contribution in [0.1, 0.15) is 0 Å². The number of rotatable bonds is 6. The van der Waals surface area contributed by atoms with Crippen LogP contribution in [0.5, 0.6) is 11.5 Å². The lowest BCUT2D eigenvalue weighted by Crippen LogP contribution is -2.13. The van der Waals surface area contributed by atoms with Crippen molar-refractivity contribution in [1.82, 2.24) is 0 Å². The molecule has 0 spiro atoms. The molecule has 0 saturated heterocycles. The third kappa shape index (κ3) is 4.87. The average Bonchev–Trinajstić information content (AvgIpc) is 2.63. The summed E-state index contributed by atoms with van der Waals surface area (Å²) < 4.78 is 55.9. The van der Waals surface area contributed by atoms with Gasteiger partial charge in [0.05, 0.1) is 9.79 Å². The van der Waals surface area contributed by atoms with E-state index in [1.807, 2.05) is 30.3 Å². The number of ether oxygens (including phenoxy) is 1. The first-order valence-corrected chi connectivity index (χ1v) is 11.3. The van der Waals surface area contributed by atoms with Gasteiger partial charge < -0.3 is 4.74 Å². The summed E-state index contributed by atoms with van der Waals surface area (Å²) in [6, 6.07) is 20.7. The van der Waals surface area contributed by atoms with Crippen molar-refractivity contribution in [3.8, 4) is 11.5 Å². The highest BCUT2D eigenvalue weighted by molar-refractivity contribution is 7.92. The van der Waals surface area contributed by atoms with E-state index in [4.69, 9.17) is 4.74 Å². The highest BCUT2D eigenvalue weighted by atomic mass is 32.2. The summed E-state index contributed by atoms with van der Waals surface area (Å²) in [5.41, 5.74) is 0.364. The van der Waals surface area contributed by atoms with Crippen molar-refractivity contribution in [1.29, 1.82) is 0 Å². The molecule has 0 amide bonds. The SMILES string of the molecule is CS(=O)(=O)c1ccc(S(=O)(=O)Nc2ccc(Oc3ccccc3)cc2)cc1. The highest BCUT2D eigenvalue weighted by Gasteiger charge is 2.16. The molecule has 8 heteroatoms. The van der Waals surface area contributed by atoms with Crippen LogP contribution in [-0.4, -0.2) is 23.1 Å². The Labute approximate surface area is 158 Å². The fourth-order valence-corrected chi connectivity index (χ4v) is 3.98. The van der Waals surface area contributed by atoms with Crippen LogP contribution < -0.4 is 9.46 Å². The molecular formula is C19H17NO5S2. The van der Waals surface area contributed by atoms with Gasteiger partial charge in [0.2, 0.25) is 0 Å². The number of nitrogens with one attached hydrogen (secondary N) is 1. The normalized spacial score (nSPS) is 11.7. The predicted molar refractivity (Wildman–Crippen MR) is 103 cm³/mol. The van der Waals surface area contributed by atoms with Gasteiger partial charge in [-0.2, -0.15) is 0 Å². The molecule has 3 rings (SSSR count). The third-order valence-electron chi connectivity index (χ3n) is 3.65. The monoisotopic (exact) mass is 403 g/mol. The second kappa shape index (κ2) is 7.42. The number of hydrogen-bond donors (Lipinski definition) is 1. The van der Waals surface area contributed by atoms with Crippen molar-refractivity contribution in [3.63, 3.8) is 0 Å². The van der Waals surface area contributed by atoms with Gasteiger partial charge in [-0.1, -0.05) is 18.2 Å². The lowest BCUT2D eigenvalue weighted by molar-refractivity contribution is 0.483. The molecule has 6 nitrogen and oxygen atoms in total. The van der Waals surface area contributed by atoms with Crippen molar-refractivity contribution in [2.45, 2.75) is 9.79 Å². The molecular weight excluding hydrogens is 386 g/mol. The van der Waals surface area contributed by atoms with Crippen LogP contribution in [0, 0.1) is 0 Å². The maximum Gasteiger partial charge on any atom is 0.261 e. The van der Waals surface area contributed by atoms with Crippen molar-refractivity contribution in [3.05, 3.63) is 78.9 Å². The molecule has 0 aliphatic heterocycles. The molecule has 3 aromatic rings. The Bertz CT molecular complexity index is 1120. The van der Waals surface area contributed by atoms with Gasteiger partial charge in [0.25, 0.3) is 10.0 Å². The van der Waals surface area contributed by atoms with Crippen LogP contribution in [0.25, 0.3) is 0 Å². The van der Waals surface area contributed by atoms with Gasteiger partial charge in [-0.05, 0) is 60.7 Å². The minimum Gasteiger partial charge on any atom is -0.457 e. The zero-order valence-corrected chi connectivity index (χ0v) is 16.0. The minimum atomic E-state index is -3.83. The number of sulfone groups is 1. The van der Waals surface area contributed by atoms with E-state index in [0.717, 1.165) is 6.26 Å². The first-order chi connectivity index (χ1) is 12.7. The van der Waals surface area contributed by atoms with Gasteiger partial charge in [-0.3, -0.25) is 4.72 Å². The van der Waals surface area contributed by atoms with Crippen molar-refractivity contribution < 1.29 is 21.6 Å². The summed E-state index contributed by atoms with van der Waals surface area (Å²) in [5.74, 6) is 1.25. The molecule has 0 bridgehead atoms. The first kappa shape index (κ1) is 18.9. The molecule has 3 aromatic carbocycles. The van der Waals surface area contributed by atoms with E-state index in [-0.39, 0.29) is 9.79 Å². The topological polar surface area (TPSA) is 89.5 Å². The molecule has 27 heavy (non-hydrogen) atoms. The van der Waals surface area contributed by atoms with Gasteiger partial charge in [-0.15, -0.1) is 0 Å². The molecule has 0 atom stereocenters. The van der Waals surface area contributed by atoms with E-state index in [2.05, 4.69) is 4.72 Å². The Morgan fingerprint density at radius 3 is 1.74 bits per heavy atom. The molecule has 0 aliphatic rings. The Kier molecular flexibility index (Phi) is 5.20. The summed E-state index contributed by atoms with van der Waals surface area (Å²) in [6.07, 6.45) is 1.06. The predicted octanol–water partition coefficient (Wildman–Crippen LogP) is 3.68. The van der Waals surface area contributed by atoms with Gasteiger partial charge in [0.15, 0.2) is 9.84 Å². The zero-order chi connectivity index (χ0) is 19.5. The molecule has 0 unspecified atom stereocenters. The quantitative estimate of drug-likeness (QED) is 0.678. The Morgan fingerprint density at radius 2 is 1.19 bits per heavy atom. The summed E-state index contributed by atoms with van der Waals surface area (Å²) in [6.45, 7) is 0. The van der Waals surface area contributed by atoms with Crippen LogP contribution in [0.4, 0.5) is 5.69 Å². The number of hydrogen-bond acceptors (Lipinski definition) is 5. The lowest BCUT2D eigenvalue weighted by Gasteiger charge is -2.10. The number of para-hydroxylation sites is 1. The fourth-order valence-electron chi connectivity index (χ4n) is 2.30.